The first-order valence-corrected chi connectivity index (χ1v) is 10.2. The van der Waals surface area contributed by atoms with Crippen molar-refractivity contribution in [3.63, 3.8) is 0 Å². The number of nitrogens with one attached hydrogen (secondary N) is 2. The average Bonchev–Trinajstić information content (AvgIpc) is 3.18. The van der Waals surface area contributed by atoms with Gasteiger partial charge < -0.3 is 20.3 Å². The Bertz CT molecular complexity index is 1040. The zero-order valence-electron chi connectivity index (χ0n) is 17.4. The molecule has 1 saturated heterocycles. The van der Waals surface area contributed by atoms with Crippen molar-refractivity contribution in [1.29, 1.82) is 0 Å². The van der Waals surface area contributed by atoms with Gasteiger partial charge in [-0.15, -0.1) is 0 Å². The van der Waals surface area contributed by atoms with Gasteiger partial charge in [0.2, 0.25) is 5.95 Å². The Hall–Kier alpha value is -3.27. The van der Waals surface area contributed by atoms with Crippen molar-refractivity contribution in [2.45, 2.75) is 26.8 Å². The summed E-state index contributed by atoms with van der Waals surface area (Å²) in [5.41, 5.74) is 1.35. The van der Waals surface area contributed by atoms with Crippen molar-refractivity contribution in [1.82, 2.24) is 30.0 Å². The number of nitrogens with zero attached hydrogens (tertiary/aromatic N) is 6. The lowest BCUT2D eigenvalue weighted by Gasteiger charge is -2.29. The summed E-state index contributed by atoms with van der Waals surface area (Å²) < 4.78 is 7.13. The fourth-order valence-corrected chi connectivity index (χ4v) is 3.44. The van der Waals surface area contributed by atoms with Gasteiger partial charge in [0.05, 0.1) is 18.3 Å². The minimum absolute atomic E-state index is 0.233. The molecular formula is C20H26N8O2. The molecule has 0 saturated carbocycles. The fourth-order valence-electron chi connectivity index (χ4n) is 3.44. The number of rotatable bonds is 6. The topological polar surface area (TPSA) is 110 Å². The molecule has 1 aliphatic rings. The highest BCUT2D eigenvalue weighted by Crippen LogP contribution is 2.24. The van der Waals surface area contributed by atoms with Gasteiger partial charge in [0.1, 0.15) is 17.2 Å². The predicted octanol–water partition coefficient (Wildman–Crippen LogP) is 2.13. The molecule has 2 N–H and O–H groups in total. The van der Waals surface area contributed by atoms with E-state index in [1.165, 1.54) is 6.20 Å². The second-order valence-electron chi connectivity index (χ2n) is 7.32. The van der Waals surface area contributed by atoms with E-state index >= 15 is 0 Å². The Morgan fingerprint density at radius 1 is 1.23 bits per heavy atom. The third kappa shape index (κ3) is 4.04. The van der Waals surface area contributed by atoms with Crippen LogP contribution >= 0.6 is 0 Å². The summed E-state index contributed by atoms with van der Waals surface area (Å²) in [6.45, 7) is 9.39. The molecular weight excluding hydrogens is 384 g/mol. The van der Waals surface area contributed by atoms with E-state index in [1.807, 2.05) is 10.7 Å². The third-order valence-electron chi connectivity index (χ3n) is 4.89. The van der Waals surface area contributed by atoms with E-state index in [1.54, 1.807) is 19.3 Å². The standard InChI is InChI=1S/C20H26N8O2/c1-4-30-19(29)15-12-23-20(26-18(15)27-7-5-21-6-8-27)25-17-9-16-14(10-22-17)11-24-28(16)13(2)3/h9-13,21H,4-8H2,1-3H3,(H,22,23,25,26). The lowest BCUT2D eigenvalue weighted by Crippen LogP contribution is -2.44. The Morgan fingerprint density at radius 3 is 2.77 bits per heavy atom. The molecule has 0 unspecified atom stereocenters. The van der Waals surface area contributed by atoms with Crippen molar-refractivity contribution in [2.24, 2.45) is 0 Å². The van der Waals surface area contributed by atoms with Crippen LogP contribution in [0.4, 0.5) is 17.6 Å². The van der Waals surface area contributed by atoms with Crippen molar-refractivity contribution < 1.29 is 9.53 Å². The normalized spacial score (nSPS) is 14.3. The molecule has 0 amide bonds. The number of hydrogen-bond donors (Lipinski definition) is 2. The largest absolute Gasteiger partial charge is 0.462 e. The molecule has 0 aromatic carbocycles. The fraction of sp³-hybridized carbons (Fsp3) is 0.450. The smallest absolute Gasteiger partial charge is 0.343 e. The van der Waals surface area contributed by atoms with Crippen LogP contribution in [0.2, 0.25) is 0 Å². The number of aromatic nitrogens is 5. The molecule has 10 nitrogen and oxygen atoms in total. The summed E-state index contributed by atoms with van der Waals surface area (Å²) in [4.78, 5) is 27.9. The summed E-state index contributed by atoms with van der Waals surface area (Å²) in [6.07, 6.45) is 5.09. The number of esters is 1. The second-order valence-corrected chi connectivity index (χ2v) is 7.32. The Labute approximate surface area is 174 Å². The first-order valence-electron chi connectivity index (χ1n) is 10.2. The van der Waals surface area contributed by atoms with E-state index in [4.69, 9.17) is 4.74 Å². The molecule has 1 fully saturated rings. The van der Waals surface area contributed by atoms with E-state index in [9.17, 15) is 4.79 Å². The number of anilines is 3. The number of carbonyl (C=O) groups is 1. The van der Waals surface area contributed by atoms with E-state index in [0.717, 1.165) is 37.1 Å². The van der Waals surface area contributed by atoms with Gasteiger partial charge in [0, 0.05) is 56.1 Å². The van der Waals surface area contributed by atoms with Crippen LogP contribution in [0.5, 0.6) is 0 Å². The highest BCUT2D eigenvalue weighted by atomic mass is 16.5. The van der Waals surface area contributed by atoms with Crippen LogP contribution in [-0.2, 0) is 4.74 Å². The van der Waals surface area contributed by atoms with Crippen molar-refractivity contribution in [3.8, 4) is 0 Å². The van der Waals surface area contributed by atoms with Crippen molar-refractivity contribution in [2.75, 3.05) is 43.0 Å². The maximum atomic E-state index is 12.4. The Morgan fingerprint density at radius 2 is 2.03 bits per heavy atom. The average molecular weight is 410 g/mol. The molecule has 0 atom stereocenters. The Kier molecular flexibility index (Phi) is 5.75. The summed E-state index contributed by atoms with van der Waals surface area (Å²) in [5.74, 6) is 1.14. The summed E-state index contributed by atoms with van der Waals surface area (Å²) in [7, 11) is 0. The molecule has 158 valence electrons. The van der Waals surface area contributed by atoms with Crippen LogP contribution in [0.15, 0.2) is 24.7 Å². The number of hydrogen-bond acceptors (Lipinski definition) is 9. The molecule has 4 heterocycles. The van der Waals surface area contributed by atoms with Crippen molar-refractivity contribution in [3.05, 3.63) is 30.2 Å². The molecule has 1 aliphatic heterocycles. The van der Waals surface area contributed by atoms with Crippen LogP contribution in [-0.4, -0.2) is 63.5 Å². The van der Waals surface area contributed by atoms with Crippen molar-refractivity contribution >= 4 is 34.5 Å². The van der Waals surface area contributed by atoms with Gasteiger partial charge in [0.15, 0.2) is 0 Å². The zero-order chi connectivity index (χ0) is 21.1. The lowest BCUT2D eigenvalue weighted by atomic mass is 10.2. The molecule has 3 aromatic rings. The molecule has 4 rings (SSSR count). The molecule has 30 heavy (non-hydrogen) atoms. The number of carbonyl (C=O) groups excluding carboxylic acids is 1. The van der Waals surface area contributed by atoms with Gasteiger partial charge in [-0.05, 0) is 20.8 Å². The first-order chi connectivity index (χ1) is 14.6. The van der Waals surface area contributed by atoms with Gasteiger partial charge in [-0.2, -0.15) is 10.1 Å². The second kappa shape index (κ2) is 8.62. The monoisotopic (exact) mass is 410 g/mol. The SMILES string of the molecule is CCOC(=O)c1cnc(Nc2cc3c(cn2)cnn3C(C)C)nc1N1CCNCC1. The minimum atomic E-state index is -0.419. The van der Waals surface area contributed by atoms with E-state index in [-0.39, 0.29) is 6.04 Å². The third-order valence-corrected chi connectivity index (χ3v) is 4.89. The molecule has 10 heteroatoms. The summed E-state index contributed by atoms with van der Waals surface area (Å²) in [5, 5.41) is 11.9. The summed E-state index contributed by atoms with van der Waals surface area (Å²) >= 11 is 0. The molecule has 0 spiro atoms. The van der Waals surface area contributed by atoms with Crippen LogP contribution in [0.3, 0.4) is 0 Å². The molecule has 0 radical (unpaired) electrons. The van der Waals surface area contributed by atoms with Gasteiger partial charge in [-0.3, -0.25) is 4.68 Å². The molecule has 0 bridgehead atoms. The Balaban J connectivity index is 1.66. The van der Waals surface area contributed by atoms with E-state index in [2.05, 4.69) is 49.4 Å². The summed E-state index contributed by atoms with van der Waals surface area (Å²) in [6, 6.07) is 2.16. The predicted molar refractivity (Wildman–Crippen MR) is 114 cm³/mol. The number of ether oxygens (including phenoxy) is 1. The number of fused-ring (bicyclic) bond motifs is 1. The maximum absolute atomic E-state index is 12.4. The van der Waals surface area contributed by atoms with Gasteiger partial charge in [-0.25, -0.2) is 14.8 Å². The first kappa shape index (κ1) is 20.0. The van der Waals surface area contributed by atoms with Crippen LogP contribution in [0.1, 0.15) is 37.2 Å². The maximum Gasteiger partial charge on any atom is 0.343 e. The minimum Gasteiger partial charge on any atom is -0.462 e. The highest BCUT2D eigenvalue weighted by molar-refractivity contribution is 5.94. The van der Waals surface area contributed by atoms with Gasteiger partial charge in [-0.1, -0.05) is 0 Å². The molecule has 3 aromatic heterocycles. The zero-order valence-corrected chi connectivity index (χ0v) is 17.4. The van der Waals surface area contributed by atoms with Crippen LogP contribution in [0, 0.1) is 0 Å². The van der Waals surface area contributed by atoms with Gasteiger partial charge in [0.25, 0.3) is 0 Å². The lowest BCUT2D eigenvalue weighted by molar-refractivity contribution is 0.0526. The number of pyridine rings is 1. The van der Waals surface area contributed by atoms with Crippen LogP contribution in [0.25, 0.3) is 10.9 Å². The highest BCUT2D eigenvalue weighted by Gasteiger charge is 2.22. The number of piperazine rings is 1. The van der Waals surface area contributed by atoms with E-state index < -0.39 is 5.97 Å². The van der Waals surface area contributed by atoms with Crippen LogP contribution < -0.4 is 15.5 Å². The quantitative estimate of drug-likeness (QED) is 0.590. The van der Waals surface area contributed by atoms with E-state index in [0.29, 0.717) is 29.8 Å². The van der Waals surface area contributed by atoms with Gasteiger partial charge >= 0.3 is 5.97 Å². The molecule has 0 aliphatic carbocycles.